The smallest absolute Gasteiger partial charge is 0.272 e. The number of halogens is 2. The highest BCUT2D eigenvalue weighted by atomic mass is 35.5. The molecule has 5 nitrogen and oxygen atoms in total. The zero-order valence-electron chi connectivity index (χ0n) is 15.9. The molecule has 4 atom stereocenters. The molecule has 0 radical (unpaired) electrons. The minimum absolute atomic E-state index is 0.00665. The van der Waals surface area contributed by atoms with Crippen molar-refractivity contribution in [1.82, 2.24) is 10.0 Å². The molecule has 2 fully saturated rings. The Hall–Kier alpha value is -2.99. The molecule has 2 aromatic rings. The Morgan fingerprint density at radius 2 is 1.60 bits per heavy atom. The van der Waals surface area contributed by atoms with Gasteiger partial charge in [-0.05, 0) is 36.5 Å². The number of nitrogens with zero attached hydrogens (tertiary/aromatic N) is 2. The average molecular weight is 425 g/mol. The lowest BCUT2D eigenvalue weighted by atomic mass is 9.85. The number of rotatable bonds is 4. The molecule has 1 aliphatic heterocycles. The van der Waals surface area contributed by atoms with Gasteiger partial charge in [0, 0.05) is 5.56 Å². The van der Waals surface area contributed by atoms with Gasteiger partial charge in [0.25, 0.3) is 17.7 Å². The van der Waals surface area contributed by atoms with Gasteiger partial charge in [-0.3, -0.25) is 14.4 Å². The lowest BCUT2D eigenvalue weighted by molar-refractivity contribution is -0.156. The van der Waals surface area contributed by atoms with Gasteiger partial charge in [0.2, 0.25) is 0 Å². The van der Waals surface area contributed by atoms with Crippen LogP contribution < -0.4 is 0 Å². The van der Waals surface area contributed by atoms with Crippen LogP contribution in [0.2, 0.25) is 5.02 Å². The number of carbonyl (C=O) groups excluding carboxylic acids is 3. The van der Waals surface area contributed by atoms with Gasteiger partial charge in [-0.25, -0.2) is 9.40 Å². The standard InChI is InChI=1S/C23H18ClFN2O3/c24-17-7-3-2-6-16(17)21(28)26(12-15-5-1-4-8-18(15)25)27-22(29)19-13-9-10-14(11-13)20(19)23(27)30/h1-10,13-14,19-20H,11-12H2/t13-,14+,19-,20+. The Kier molecular flexibility index (Phi) is 4.47. The molecule has 152 valence electrons. The fraction of sp³-hybridized carbons (Fsp3) is 0.261. The molecule has 0 aromatic heterocycles. The first kappa shape index (κ1) is 19.0. The van der Waals surface area contributed by atoms with E-state index >= 15 is 0 Å². The number of imide groups is 1. The molecule has 3 aliphatic rings. The highest BCUT2D eigenvalue weighted by Crippen LogP contribution is 2.53. The van der Waals surface area contributed by atoms with E-state index in [4.69, 9.17) is 11.6 Å². The van der Waals surface area contributed by atoms with Crippen LogP contribution >= 0.6 is 11.6 Å². The molecule has 30 heavy (non-hydrogen) atoms. The maximum Gasteiger partial charge on any atom is 0.274 e. The summed E-state index contributed by atoms with van der Waals surface area (Å²) in [6.07, 6.45) is 4.75. The topological polar surface area (TPSA) is 57.7 Å². The fourth-order valence-electron chi connectivity index (χ4n) is 4.92. The molecule has 1 saturated heterocycles. The van der Waals surface area contributed by atoms with E-state index in [1.807, 2.05) is 12.2 Å². The van der Waals surface area contributed by atoms with E-state index in [9.17, 15) is 18.8 Å². The van der Waals surface area contributed by atoms with Gasteiger partial charge in [-0.1, -0.05) is 54.1 Å². The van der Waals surface area contributed by atoms with Crippen molar-refractivity contribution in [2.24, 2.45) is 23.7 Å². The Labute approximate surface area is 177 Å². The molecule has 1 saturated carbocycles. The first-order valence-electron chi connectivity index (χ1n) is 9.83. The van der Waals surface area contributed by atoms with E-state index in [1.54, 1.807) is 30.3 Å². The number of hydrazine groups is 1. The summed E-state index contributed by atoms with van der Waals surface area (Å²) in [6, 6.07) is 12.4. The van der Waals surface area contributed by atoms with Gasteiger partial charge in [-0.2, -0.15) is 5.01 Å². The van der Waals surface area contributed by atoms with E-state index in [-0.39, 0.29) is 34.5 Å². The van der Waals surface area contributed by atoms with Crippen LogP contribution in [0.5, 0.6) is 0 Å². The Morgan fingerprint density at radius 1 is 1.00 bits per heavy atom. The third kappa shape index (κ3) is 2.78. The molecule has 0 N–H and O–H groups in total. The van der Waals surface area contributed by atoms with E-state index in [2.05, 4.69) is 0 Å². The molecule has 2 aromatic carbocycles. The van der Waals surface area contributed by atoms with Gasteiger partial charge in [0.05, 0.1) is 29.0 Å². The van der Waals surface area contributed by atoms with Crippen LogP contribution in [-0.4, -0.2) is 27.7 Å². The van der Waals surface area contributed by atoms with E-state index in [0.29, 0.717) is 0 Å². The summed E-state index contributed by atoms with van der Waals surface area (Å²) in [5, 5.41) is 2.17. The van der Waals surface area contributed by atoms with Crippen molar-refractivity contribution in [3.63, 3.8) is 0 Å². The van der Waals surface area contributed by atoms with Gasteiger partial charge in [-0.15, -0.1) is 0 Å². The summed E-state index contributed by atoms with van der Waals surface area (Å²) < 4.78 is 14.4. The average Bonchev–Trinajstić information content (AvgIpc) is 3.42. The van der Waals surface area contributed by atoms with Crippen molar-refractivity contribution in [2.75, 3.05) is 0 Å². The predicted molar refractivity (Wildman–Crippen MR) is 107 cm³/mol. The lowest BCUT2D eigenvalue weighted by Gasteiger charge is -2.31. The second kappa shape index (κ2) is 7.06. The summed E-state index contributed by atoms with van der Waals surface area (Å²) in [5.41, 5.74) is 0.353. The van der Waals surface area contributed by atoms with Crippen molar-refractivity contribution in [2.45, 2.75) is 13.0 Å². The normalized spacial score (nSPS) is 26.4. The van der Waals surface area contributed by atoms with Crippen LogP contribution in [0.1, 0.15) is 22.3 Å². The van der Waals surface area contributed by atoms with Gasteiger partial charge >= 0.3 is 0 Å². The van der Waals surface area contributed by atoms with Crippen molar-refractivity contribution in [3.05, 3.63) is 82.6 Å². The number of hydrogen-bond donors (Lipinski definition) is 0. The third-order valence-corrected chi connectivity index (χ3v) is 6.63. The van der Waals surface area contributed by atoms with Crippen LogP contribution in [-0.2, 0) is 16.1 Å². The highest BCUT2D eigenvalue weighted by molar-refractivity contribution is 6.33. The van der Waals surface area contributed by atoms with Gasteiger partial charge in [0.1, 0.15) is 5.82 Å². The predicted octanol–water partition coefficient (Wildman–Crippen LogP) is 3.84. The highest BCUT2D eigenvalue weighted by Gasteiger charge is 2.61. The van der Waals surface area contributed by atoms with E-state index in [1.165, 1.54) is 18.2 Å². The quantitative estimate of drug-likeness (QED) is 0.553. The van der Waals surface area contributed by atoms with Crippen LogP contribution in [0.15, 0.2) is 60.7 Å². The molecule has 2 aliphatic carbocycles. The van der Waals surface area contributed by atoms with E-state index in [0.717, 1.165) is 16.4 Å². The minimum Gasteiger partial charge on any atom is -0.272 e. The van der Waals surface area contributed by atoms with Gasteiger partial charge < -0.3 is 0 Å². The van der Waals surface area contributed by atoms with Crippen LogP contribution in [0.4, 0.5) is 4.39 Å². The first-order valence-corrected chi connectivity index (χ1v) is 10.2. The van der Waals surface area contributed by atoms with Gasteiger partial charge in [0.15, 0.2) is 0 Å². The number of allylic oxidation sites excluding steroid dienone is 2. The Morgan fingerprint density at radius 3 is 2.23 bits per heavy atom. The molecule has 5 rings (SSSR count). The number of fused-ring (bicyclic) bond motifs is 5. The van der Waals surface area contributed by atoms with Crippen molar-refractivity contribution in [3.8, 4) is 0 Å². The maximum atomic E-state index is 14.4. The number of carbonyl (C=O) groups is 3. The molecule has 2 bridgehead atoms. The lowest BCUT2D eigenvalue weighted by Crippen LogP contribution is -2.50. The zero-order chi connectivity index (χ0) is 21.0. The second-order valence-corrected chi connectivity index (χ2v) is 8.33. The molecular weight excluding hydrogens is 407 g/mol. The second-order valence-electron chi connectivity index (χ2n) is 7.92. The first-order chi connectivity index (χ1) is 14.5. The zero-order valence-corrected chi connectivity index (χ0v) is 16.6. The Balaban J connectivity index is 1.56. The molecular formula is C23H18ClFN2O3. The molecule has 3 amide bonds. The van der Waals surface area contributed by atoms with Crippen molar-refractivity contribution in [1.29, 1.82) is 0 Å². The van der Waals surface area contributed by atoms with E-state index < -0.39 is 35.4 Å². The largest absolute Gasteiger partial charge is 0.274 e. The summed E-state index contributed by atoms with van der Waals surface area (Å²) in [7, 11) is 0. The van der Waals surface area contributed by atoms with Crippen LogP contribution in [0, 0.1) is 29.5 Å². The summed E-state index contributed by atoms with van der Waals surface area (Å²) in [6.45, 7) is -0.254. The third-order valence-electron chi connectivity index (χ3n) is 6.31. The van der Waals surface area contributed by atoms with Crippen LogP contribution in [0.25, 0.3) is 0 Å². The number of amides is 3. The minimum atomic E-state index is -0.620. The SMILES string of the molecule is O=C(c1ccccc1Cl)N(Cc1ccccc1F)N1C(=O)[C@@H]2[C@H](C1=O)[C@@H]1C=C[C@H]2C1. The summed E-state index contributed by atoms with van der Waals surface area (Å²) >= 11 is 6.21. The monoisotopic (exact) mass is 424 g/mol. The summed E-state index contributed by atoms with van der Waals surface area (Å²) in [5.74, 6) is -2.86. The molecule has 0 spiro atoms. The fourth-order valence-corrected chi connectivity index (χ4v) is 5.14. The molecule has 7 heteroatoms. The van der Waals surface area contributed by atoms with Crippen molar-refractivity contribution < 1.29 is 18.8 Å². The maximum absolute atomic E-state index is 14.4. The Bertz CT molecular complexity index is 1070. The van der Waals surface area contributed by atoms with Crippen molar-refractivity contribution >= 4 is 29.3 Å². The molecule has 0 unspecified atom stereocenters. The number of benzene rings is 2. The number of hydrogen-bond acceptors (Lipinski definition) is 3. The van der Waals surface area contributed by atoms with Crippen LogP contribution in [0.3, 0.4) is 0 Å². The summed E-state index contributed by atoms with van der Waals surface area (Å²) in [4.78, 5) is 40.0. The molecule has 1 heterocycles.